The second-order valence-electron chi connectivity index (χ2n) is 11.2. The fourth-order valence-electron chi connectivity index (χ4n) is 5.09. The lowest BCUT2D eigenvalue weighted by Crippen LogP contribution is -2.53. The molecule has 2 amide bonds. The summed E-state index contributed by atoms with van der Waals surface area (Å²) in [4.78, 5) is 29.9. The lowest BCUT2D eigenvalue weighted by atomic mass is 10.0. The van der Waals surface area contributed by atoms with E-state index in [2.05, 4.69) is 5.32 Å². The van der Waals surface area contributed by atoms with E-state index in [0.29, 0.717) is 27.9 Å². The molecule has 0 fully saturated rings. The zero-order valence-electron chi connectivity index (χ0n) is 27.0. The largest absolute Gasteiger partial charge is 0.495 e. The molecule has 12 heteroatoms. The van der Waals surface area contributed by atoms with E-state index in [0.717, 1.165) is 28.3 Å². The SMILES string of the molecule is CCCCNC(=O)[C@@H](Cc1ccccc1)N(Cc1c(Cl)cccc1Cl)C(=O)CN(c1ccc(OC)c(Cl)c1)S(=O)(=O)c1ccc(C)cc1. The van der Waals surface area contributed by atoms with Crippen molar-refractivity contribution >= 4 is 62.3 Å². The number of hydrogen-bond acceptors (Lipinski definition) is 5. The number of nitrogens with zero attached hydrogens (tertiary/aromatic N) is 2. The third-order valence-electron chi connectivity index (χ3n) is 7.80. The Morgan fingerprint density at radius 2 is 1.54 bits per heavy atom. The molecule has 1 atom stereocenters. The quantitative estimate of drug-likeness (QED) is 0.127. The van der Waals surface area contributed by atoms with Crippen LogP contribution in [0.5, 0.6) is 5.75 Å². The zero-order chi connectivity index (χ0) is 34.8. The first-order valence-electron chi connectivity index (χ1n) is 15.4. The summed E-state index contributed by atoms with van der Waals surface area (Å²) in [6.07, 6.45) is 1.76. The van der Waals surface area contributed by atoms with E-state index in [1.165, 1.54) is 42.3 Å². The summed E-state index contributed by atoms with van der Waals surface area (Å²) in [5.74, 6) is -0.703. The van der Waals surface area contributed by atoms with Crippen molar-refractivity contribution in [2.75, 3.05) is 24.5 Å². The number of carbonyl (C=O) groups excluding carboxylic acids is 2. The molecule has 0 aliphatic rings. The molecule has 8 nitrogen and oxygen atoms in total. The molecule has 0 unspecified atom stereocenters. The standard InChI is InChI=1S/C36H38Cl3N3O5S/c1-4-5-20-40-36(44)33(21-26-10-7-6-8-11-26)41(23-29-30(37)12-9-13-31(29)38)35(43)24-42(27-16-19-34(47-3)32(39)22-27)48(45,46)28-17-14-25(2)15-18-28/h6-19,22,33H,4-5,20-21,23-24H2,1-3H3,(H,40,44)/t33-/m1/s1. The van der Waals surface area contributed by atoms with Gasteiger partial charge in [0.05, 0.1) is 22.7 Å². The number of anilines is 1. The van der Waals surface area contributed by atoms with Crippen LogP contribution in [0.2, 0.25) is 15.1 Å². The molecule has 4 rings (SSSR count). The van der Waals surface area contributed by atoms with E-state index in [1.807, 2.05) is 44.2 Å². The van der Waals surface area contributed by atoms with Crippen LogP contribution >= 0.6 is 34.8 Å². The van der Waals surface area contributed by atoms with Gasteiger partial charge in [0.25, 0.3) is 10.0 Å². The number of halogens is 3. The van der Waals surface area contributed by atoms with Gasteiger partial charge in [-0.2, -0.15) is 0 Å². The Morgan fingerprint density at radius 3 is 2.15 bits per heavy atom. The predicted molar refractivity (Wildman–Crippen MR) is 193 cm³/mol. The fourth-order valence-corrected chi connectivity index (χ4v) is 7.27. The summed E-state index contributed by atoms with van der Waals surface area (Å²) in [6.45, 7) is 3.45. The van der Waals surface area contributed by atoms with Crippen LogP contribution in [0.25, 0.3) is 0 Å². The van der Waals surface area contributed by atoms with E-state index in [1.54, 1.807) is 30.3 Å². The molecule has 0 saturated carbocycles. The first kappa shape index (κ1) is 37.1. The smallest absolute Gasteiger partial charge is 0.264 e. The van der Waals surface area contributed by atoms with Gasteiger partial charge in [-0.3, -0.25) is 13.9 Å². The maximum atomic E-state index is 14.7. The van der Waals surface area contributed by atoms with Crippen molar-refractivity contribution in [1.29, 1.82) is 0 Å². The molecule has 0 aliphatic heterocycles. The fraction of sp³-hybridized carbons (Fsp3) is 0.278. The average molecular weight is 731 g/mol. The number of hydrogen-bond donors (Lipinski definition) is 1. The first-order valence-corrected chi connectivity index (χ1v) is 18.0. The Labute approximate surface area is 297 Å². The molecule has 254 valence electrons. The molecule has 0 saturated heterocycles. The van der Waals surface area contributed by atoms with E-state index in [-0.39, 0.29) is 34.5 Å². The number of carbonyl (C=O) groups is 2. The Kier molecular flexibility index (Phi) is 13.2. The maximum absolute atomic E-state index is 14.7. The number of unbranched alkanes of at least 4 members (excludes halogenated alkanes) is 1. The Bertz CT molecular complexity index is 1800. The second kappa shape index (κ2) is 17.1. The van der Waals surface area contributed by atoms with Gasteiger partial charge in [0.2, 0.25) is 11.8 Å². The van der Waals surface area contributed by atoms with Crippen LogP contribution in [0.1, 0.15) is 36.5 Å². The third-order valence-corrected chi connectivity index (χ3v) is 10.6. The van der Waals surface area contributed by atoms with Gasteiger partial charge in [-0.15, -0.1) is 0 Å². The van der Waals surface area contributed by atoms with Gasteiger partial charge in [0, 0.05) is 35.1 Å². The molecular weight excluding hydrogens is 693 g/mol. The molecular formula is C36H38Cl3N3O5S. The summed E-state index contributed by atoms with van der Waals surface area (Å²) in [5.41, 5.74) is 2.23. The predicted octanol–water partition coefficient (Wildman–Crippen LogP) is 7.72. The number of methoxy groups -OCH3 is 1. The van der Waals surface area contributed by atoms with E-state index < -0.39 is 28.5 Å². The molecule has 1 N–H and O–H groups in total. The van der Waals surface area contributed by atoms with Gasteiger partial charge in [-0.05, 0) is 61.4 Å². The van der Waals surface area contributed by atoms with Crippen molar-refractivity contribution in [2.24, 2.45) is 0 Å². The summed E-state index contributed by atoms with van der Waals surface area (Å²) >= 11 is 19.6. The number of rotatable bonds is 15. The molecule has 0 spiro atoms. The van der Waals surface area contributed by atoms with Crippen molar-refractivity contribution < 1.29 is 22.7 Å². The molecule has 0 radical (unpaired) electrons. The van der Waals surface area contributed by atoms with Crippen molar-refractivity contribution in [3.8, 4) is 5.75 Å². The molecule has 0 heterocycles. The topological polar surface area (TPSA) is 96.0 Å². The summed E-state index contributed by atoms with van der Waals surface area (Å²) in [7, 11) is -2.87. The molecule has 4 aromatic carbocycles. The second-order valence-corrected chi connectivity index (χ2v) is 14.3. The number of sulfonamides is 1. The van der Waals surface area contributed by atoms with E-state index >= 15 is 0 Å². The number of amides is 2. The van der Waals surface area contributed by atoms with E-state index in [4.69, 9.17) is 39.5 Å². The van der Waals surface area contributed by atoms with Crippen LogP contribution in [0, 0.1) is 6.92 Å². The normalized spacial score (nSPS) is 11.9. The lowest BCUT2D eigenvalue weighted by molar-refractivity contribution is -0.140. The van der Waals surface area contributed by atoms with Crippen LogP contribution in [-0.4, -0.2) is 51.4 Å². The van der Waals surface area contributed by atoms with Crippen LogP contribution < -0.4 is 14.4 Å². The van der Waals surface area contributed by atoms with Crippen molar-refractivity contribution in [3.63, 3.8) is 0 Å². The number of benzene rings is 4. The Morgan fingerprint density at radius 1 is 0.875 bits per heavy atom. The zero-order valence-corrected chi connectivity index (χ0v) is 30.0. The molecule has 0 aliphatic carbocycles. The van der Waals surface area contributed by atoms with Crippen molar-refractivity contribution in [3.05, 3.63) is 123 Å². The third kappa shape index (κ3) is 9.23. The molecule has 48 heavy (non-hydrogen) atoms. The van der Waals surface area contributed by atoms with E-state index in [9.17, 15) is 18.0 Å². The first-order chi connectivity index (χ1) is 23.0. The van der Waals surface area contributed by atoms with Crippen LogP contribution in [-0.2, 0) is 32.6 Å². The number of aryl methyl sites for hydroxylation is 1. The average Bonchev–Trinajstić information content (AvgIpc) is 3.07. The maximum Gasteiger partial charge on any atom is 0.264 e. The summed E-state index contributed by atoms with van der Waals surface area (Å²) in [6, 6.07) is 24.0. The van der Waals surface area contributed by atoms with Gasteiger partial charge in [-0.1, -0.05) is 102 Å². The Balaban J connectivity index is 1.85. The monoisotopic (exact) mass is 729 g/mol. The Hall–Kier alpha value is -3.76. The van der Waals surface area contributed by atoms with Crippen molar-refractivity contribution in [2.45, 2.75) is 50.6 Å². The number of ether oxygens (including phenoxy) is 1. The minimum atomic E-state index is -4.31. The highest BCUT2D eigenvalue weighted by atomic mass is 35.5. The minimum Gasteiger partial charge on any atom is -0.495 e. The van der Waals surface area contributed by atoms with Gasteiger partial charge in [0.15, 0.2) is 0 Å². The molecule has 4 aromatic rings. The minimum absolute atomic E-state index is 0.0216. The highest BCUT2D eigenvalue weighted by Crippen LogP contribution is 2.33. The van der Waals surface area contributed by atoms with Gasteiger partial charge in [-0.25, -0.2) is 8.42 Å². The van der Waals surface area contributed by atoms with Crippen LogP contribution in [0.4, 0.5) is 5.69 Å². The highest BCUT2D eigenvalue weighted by molar-refractivity contribution is 7.92. The molecule has 0 bridgehead atoms. The summed E-state index contributed by atoms with van der Waals surface area (Å²) < 4.78 is 34.8. The number of nitrogens with one attached hydrogen (secondary N) is 1. The lowest BCUT2D eigenvalue weighted by Gasteiger charge is -2.34. The van der Waals surface area contributed by atoms with Crippen molar-refractivity contribution in [1.82, 2.24) is 10.2 Å². The van der Waals surface area contributed by atoms with Gasteiger partial charge >= 0.3 is 0 Å². The van der Waals surface area contributed by atoms with Crippen LogP contribution in [0.3, 0.4) is 0 Å². The summed E-state index contributed by atoms with van der Waals surface area (Å²) in [5, 5.41) is 3.72. The van der Waals surface area contributed by atoms with Gasteiger partial charge < -0.3 is 15.0 Å². The van der Waals surface area contributed by atoms with Gasteiger partial charge in [0.1, 0.15) is 18.3 Å². The molecule has 0 aromatic heterocycles. The van der Waals surface area contributed by atoms with Crippen LogP contribution in [0.15, 0.2) is 95.9 Å². The highest BCUT2D eigenvalue weighted by Gasteiger charge is 2.35.